The van der Waals surface area contributed by atoms with E-state index in [1.54, 1.807) is 0 Å². The second kappa shape index (κ2) is 2.09. The lowest BCUT2D eigenvalue weighted by Gasteiger charge is -2.20. The van der Waals surface area contributed by atoms with Crippen LogP contribution in [0.4, 0.5) is 4.79 Å². The summed E-state index contributed by atoms with van der Waals surface area (Å²) >= 11 is 0. The Hall–Kier alpha value is -1.39. The Kier molecular flexibility index (Phi) is 1.41. The van der Waals surface area contributed by atoms with Gasteiger partial charge in [-0.2, -0.15) is 0 Å². The third-order valence-corrected chi connectivity index (χ3v) is 1.21. The van der Waals surface area contributed by atoms with E-state index in [1.165, 1.54) is 6.92 Å². The molecule has 0 aromatic heterocycles. The van der Waals surface area contributed by atoms with Crippen LogP contribution in [0.1, 0.15) is 6.92 Å². The Labute approximate surface area is 56.8 Å². The highest BCUT2D eigenvalue weighted by atomic mass is 16.3. The molecular formula is C5H5N2O3-. The maximum Gasteiger partial charge on any atom is 0.346 e. The van der Waals surface area contributed by atoms with Gasteiger partial charge in [0, 0.05) is 0 Å². The molecule has 3 amide bonds. The van der Waals surface area contributed by atoms with Crippen molar-refractivity contribution >= 4 is 17.8 Å². The Morgan fingerprint density at radius 3 is 2.70 bits per heavy atom. The molecule has 0 bridgehead atoms. The molecule has 0 radical (unpaired) electrons. The Balaban J connectivity index is 2.91. The van der Waals surface area contributed by atoms with Crippen LogP contribution in [0.25, 0.3) is 0 Å². The van der Waals surface area contributed by atoms with E-state index in [2.05, 4.69) is 4.99 Å². The first-order chi connectivity index (χ1) is 4.61. The van der Waals surface area contributed by atoms with Crippen molar-refractivity contribution < 1.29 is 14.7 Å². The third-order valence-electron chi connectivity index (χ3n) is 1.21. The molecule has 0 aliphatic carbocycles. The first-order valence-electron chi connectivity index (χ1n) is 2.71. The van der Waals surface area contributed by atoms with Crippen molar-refractivity contribution in [2.24, 2.45) is 10.9 Å². The predicted octanol–water partition coefficient (Wildman–Crippen LogP) is -1.37. The van der Waals surface area contributed by atoms with Gasteiger partial charge in [0.25, 0.3) is 0 Å². The summed E-state index contributed by atoms with van der Waals surface area (Å²) in [4.78, 5) is 23.9. The van der Waals surface area contributed by atoms with Crippen LogP contribution >= 0.6 is 0 Å². The maximum absolute atomic E-state index is 10.6. The third kappa shape index (κ3) is 0.975. The Bertz CT molecular complexity index is 221. The van der Waals surface area contributed by atoms with E-state index in [0.29, 0.717) is 0 Å². The first-order valence-corrected chi connectivity index (χ1v) is 2.71. The molecule has 1 atom stereocenters. The summed E-state index contributed by atoms with van der Waals surface area (Å²) in [5, 5.41) is 12.5. The van der Waals surface area contributed by atoms with E-state index in [1.807, 2.05) is 5.32 Å². The minimum Gasteiger partial charge on any atom is -0.861 e. The molecule has 10 heavy (non-hydrogen) atoms. The molecule has 5 nitrogen and oxygen atoms in total. The van der Waals surface area contributed by atoms with Gasteiger partial charge < -0.3 is 5.11 Å². The zero-order chi connectivity index (χ0) is 7.72. The highest BCUT2D eigenvalue weighted by Crippen LogP contribution is 1.99. The van der Waals surface area contributed by atoms with Gasteiger partial charge in [-0.1, -0.05) is 0 Å². The smallest absolute Gasteiger partial charge is 0.346 e. The van der Waals surface area contributed by atoms with Gasteiger partial charge in [0.2, 0.25) is 5.91 Å². The molecule has 1 aliphatic heterocycles. The van der Waals surface area contributed by atoms with E-state index in [0.717, 1.165) is 0 Å². The van der Waals surface area contributed by atoms with Gasteiger partial charge in [0.1, 0.15) is 0 Å². The lowest BCUT2D eigenvalue weighted by Crippen LogP contribution is -2.46. The van der Waals surface area contributed by atoms with Crippen LogP contribution in [0.3, 0.4) is 0 Å². The van der Waals surface area contributed by atoms with Crippen molar-refractivity contribution in [1.29, 1.82) is 0 Å². The van der Waals surface area contributed by atoms with E-state index in [4.69, 9.17) is 0 Å². The lowest BCUT2D eigenvalue weighted by atomic mass is 10.1. The van der Waals surface area contributed by atoms with E-state index in [-0.39, 0.29) is 0 Å². The summed E-state index contributed by atoms with van der Waals surface area (Å²) in [6.07, 6.45) is 0. The largest absolute Gasteiger partial charge is 0.861 e. The fourth-order valence-corrected chi connectivity index (χ4v) is 0.551. The van der Waals surface area contributed by atoms with Gasteiger partial charge in [0.05, 0.1) is 5.92 Å². The van der Waals surface area contributed by atoms with Crippen LogP contribution in [-0.4, -0.2) is 17.8 Å². The molecule has 1 unspecified atom stereocenters. The van der Waals surface area contributed by atoms with Crippen LogP contribution in [0.15, 0.2) is 4.99 Å². The average molecular weight is 141 g/mol. The fourth-order valence-electron chi connectivity index (χ4n) is 0.551. The first kappa shape index (κ1) is 6.73. The minimum absolute atomic E-state index is 0.579. The minimum atomic E-state index is -0.867. The van der Waals surface area contributed by atoms with Crippen molar-refractivity contribution in [2.45, 2.75) is 6.92 Å². The standard InChI is InChI=1S/C5H6N2O3/c1-2-3(8)6-5(10)7-4(2)9/h2H,1H3,(H2,6,7,8,9,10)/p-1. The number of aliphatic imine (C=N–C) groups is 1. The normalized spacial score (nSPS) is 25.7. The number of carbonyl (C=O) groups is 2. The van der Waals surface area contributed by atoms with E-state index < -0.39 is 23.8 Å². The maximum atomic E-state index is 10.6. The Morgan fingerprint density at radius 2 is 2.20 bits per heavy atom. The van der Waals surface area contributed by atoms with Crippen molar-refractivity contribution in [3.05, 3.63) is 0 Å². The molecule has 1 aliphatic rings. The predicted molar refractivity (Wildman–Crippen MR) is 30.1 cm³/mol. The summed E-state index contributed by atoms with van der Waals surface area (Å²) in [5.41, 5.74) is 0. The van der Waals surface area contributed by atoms with Gasteiger partial charge in [-0.05, 0) is 12.8 Å². The molecule has 0 saturated carbocycles. The lowest BCUT2D eigenvalue weighted by molar-refractivity contribution is -0.223. The zero-order valence-corrected chi connectivity index (χ0v) is 5.25. The zero-order valence-electron chi connectivity index (χ0n) is 5.25. The number of carbonyl (C=O) groups excluding carboxylic acids is 2. The second-order valence-electron chi connectivity index (χ2n) is 1.97. The molecular weight excluding hydrogens is 136 g/mol. The molecule has 1 heterocycles. The summed E-state index contributed by atoms with van der Waals surface area (Å²) in [6, 6.07) is -0.867. The van der Waals surface area contributed by atoms with E-state index >= 15 is 0 Å². The van der Waals surface area contributed by atoms with E-state index in [9.17, 15) is 14.7 Å². The molecule has 0 aromatic rings. The summed E-state index contributed by atoms with van der Waals surface area (Å²) in [6.45, 7) is 1.40. The van der Waals surface area contributed by atoms with Gasteiger partial charge in [-0.25, -0.2) is 9.79 Å². The Morgan fingerprint density at radius 1 is 1.60 bits per heavy atom. The van der Waals surface area contributed by atoms with Gasteiger partial charge in [-0.3, -0.25) is 10.1 Å². The van der Waals surface area contributed by atoms with Crippen LogP contribution in [0, 0.1) is 5.92 Å². The monoisotopic (exact) mass is 141 g/mol. The second-order valence-corrected chi connectivity index (χ2v) is 1.97. The van der Waals surface area contributed by atoms with Crippen molar-refractivity contribution in [3.63, 3.8) is 0 Å². The number of hydrogen-bond acceptors (Lipinski definition) is 3. The van der Waals surface area contributed by atoms with Crippen molar-refractivity contribution in [1.82, 2.24) is 5.32 Å². The number of hydrogen-bond donors (Lipinski definition) is 1. The fraction of sp³-hybridized carbons (Fsp3) is 0.400. The number of rotatable bonds is 0. The summed E-state index contributed by atoms with van der Waals surface area (Å²) in [5.74, 6) is -2.07. The molecule has 5 heteroatoms. The number of imide groups is 1. The molecule has 0 fully saturated rings. The van der Waals surface area contributed by atoms with Crippen LogP contribution < -0.4 is 10.4 Å². The molecule has 1 rings (SSSR count). The molecule has 0 spiro atoms. The molecule has 0 saturated heterocycles. The molecule has 54 valence electrons. The average Bonchev–Trinajstić information content (AvgIpc) is 1.82. The number of amides is 3. The summed E-state index contributed by atoms with van der Waals surface area (Å²) in [7, 11) is 0. The quantitative estimate of drug-likeness (QED) is 0.452. The SMILES string of the molecule is CC1C(=O)NC(=O)N=C1[O-]. The van der Waals surface area contributed by atoms with Crippen LogP contribution in [-0.2, 0) is 4.79 Å². The highest BCUT2D eigenvalue weighted by molar-refractivity contribution is 6.12. The highest BCUT2D eigenvalue weighted by Gasteiger charge is 2.20. The van der Waals surface area contributed by atoms with Gasteiger partial charge in [0.15, 0.2) is 0 Å². The topological polar surface area (TPSA) is 81.6 Å². The number of urea groups is 1. The van der Waals surface area contributed by atoms with Gasteiger partial charge >= 0.3 is 6.03 Å². The molecule has 0 aromatic carbocycles. The number of nitrogens with one attached hydrogen (secondary N) is 1. The number of nitrogens with zero attached hydrogens (tertiary/aromatic N) is 1. The molecule has 1 N–H and O–H groups in total. The van der Waals surface area contributed by atoms with Crippen LogP contribution in [0.5, 0.6) is 0 Å². The van der Waals surface area contributed by atoms with Gasteiger partial charge in [-0.15, -0.1) is 0 Å². The summed E-state index contributed by atoms with van der Waals surface area (Å²) < 4.78 is 0. The van der Waals surface area contributed by atoms with Crippen molar-refractivity contribution in [3.8, 4) is 0 Å². The van der Waals surface area contributed by atoms with Crippen LogP contribution in [0.2, 0.25) is 0 Å². The van der Waals surface area contributed by atoms with Crippen molar-refractivity contribution in [2.75, 3.05) is 0 Å².